The number of fused-ring (bicyclic) bond motifs is 1. The molecule has 1 aliphatic heterocycles. The molecule has 0 radical (unpaired) electrons. The van der Waals surface area contributed by atoms with Crippen molar-refractivity contribution in [2.75, 3.05) is 34.4 Å². The molecular formula is C36H32N10O19S6. The molecule has 29 nitrogen and oxygen atoms in total. The molecule has 2 heterocycles. The number of nitrogens with one attached hydrogen (secondary N) is 2. The molecule has 0 aliphatic carbocycles. The molecule has 0 spiro atoms. The molecule has 1 atom stereocenters. The van der Waals surface area contributed by atoms with E-state index in [1.54, 1.807) is 0 Å². The van der Waals surface area contributed by atoms with E-state index < -0.39 is 76.4 Å². The second-order valence-corrected chi connectivity index (χ2v) is 22.5. The summed E-state index contributed by atoms with van der Waals surface area (Å²) in [5, 5.41) is 32.5. The molecule has 71 heavy (non-hydrogen) atoms. The van der Waals surface area contributed by atoms with Gasteiger partial charge < -0.3 is 20.3 Å². The highest BCUT2D eigenvalue weighted by molar-refractivity contribution is 7.94. The van der Waals surface area contributed by atoms with Crippen LogP contribution in [0.25, 0.3) is 10.8 Å². The molecule has 0 bridgehead atoms. The summed E-state index contributed by atoms with van der Waals surface area (Å²) in [6.07, 6.45) is -0.202. The fourth-order valence-corrected chi connectivity index (χ4v) is 9.70. The molecule has 0 amide bonds. The average Bonchev–Trinajstić information content (AvgIpc) is 4.10. The van der Waals surface area contributed by atoms with Crippen LogP contribution in [0.2, 0.25) is 0 Å². The molecule has 35 heteroatoms. The normalized spacial score (nSPS) is 14.6. The SMILES string of the molecule is O=S(=O)(O)CCCOc1cc(N=Nc2cc(SOOO)ccc2S(=O)(=O)O)ccc1Nc1nc(Nc2ccc(N=Nc3ccc4cc(S(=O)(=O)O)cc(S(=O)(=O)O)c4c3)cc2)nc(N2CC2S(=O)(=O)O)n1. The lowest BCUT2D eigenvalue weighted by atomic mass is 10.1. The lowest BCUT2D eigenvalue weighted by Gasteiger charge is -2.15. The van der Waals surface area contributed by atoms with E-state index in [2.05, 4.69) is 55.4 Å². The third kappa shape index (κ3) is 14.1. The van der Waals surface area contributed by atoms with Crippen molar-refractivity contribution in [1.82, 2.24) is 15.0 Å². The summed E-state index contributed by atoms with van der Waals surface area (Å²) in [5.41, 5.74) is 0.366. The molecule has 7 rings (SSSR count). The van der Waals surface area contributed by atoms with Crippen LogP contribution < -0.4 is 20.3 Å². The summed E-state index contributed by atoms with van der Waals surface area (Å²) in [7, 11) is -23.6. The molecule has 8 N–H and O–H groups in total. The molecule has 5 aromatic carbocycles. The Morgan fingerprint density at radius 3 is 1.93 bits per heavy atom. The van der Waals surface area contributed by atoms with Crippen LogP contribution in [0.15, 0.2) is 131 Å². The lowest BCUT2D eigenvalue weighted by molar-refractivity contribution is -0.432. The van der Waals surface area contributed by atoms with Crippen molar-refractivity contribution in [3.63, 3.8) is 0 Å². The van der Waals surface area contributed by atoms with Crippen LogP contribution in [0.5, 0.6) is 5.75 Å². The van der Waals surface area contributed by atoms with Crippen molar-refractivity contribution in [3.05, 3.63) is 91.0 Å². The minimum atomic E-state index is -4.97. The van der Waals surface area contributed by atoms with Crippen LogP contribution in [0.3, 0.4) is 0 Å². The van der Waals surface area contributed by atoms with Gasteiger partial charge >= 0.3 is 0 Å². The maximum Gasteiger partial charge on any atom is 0.296 e. The van der Waals surface area contributed by atoms with E-state index in [-0.39, 0.29) is 87.3 Å². The Hall–Kier alpha value is -6.45. The predicted molar refractivity (Wildman–Crippen MR) is 247 cm³/mol. The summed E-state index contributed by atoms with van der Waals surface area (Å²) in [6, 6.07) is 18.8. The van der Waals surface area contributed by atoms with Gasteiger partial charge in [-0.05, 0) is 90.7 Å². The molecular weight excluding hydrogens is 1070 g/mol. The monoisotopic (exact) mass is 1100 g/mol. The first-order valence-electron chi connectivity index (χ1n) is 19.2. The molecule has 1 aromatic heterocycles. The van der Waals surface area contributed by atoms with Crippen LogP contribution in [0.1, 0.15) is 6.42 Å². The Morgan fingerprint density at radius 1 is 0.662 bits per heavy atom. The number of aromatic nitrogens is 3. The van der Waals surface area contributed by atoms with Crippen LogP contribution in [-0.4, -0.2) is 109 Å². The Bertz CT molecular complexity index is 3690. The van der Waals surface area contributed by atoms with E-state index in [0.717, 1.165) is 23.1 Å². The van der Waals surface area contributed by atoms with E-state index in [9.17, 15) is 64.9 Å². The topological polar surface area (TPSA) is 435 Å². The number of rotatable bonds is 21. The number of hydrogen-bond donors (Lipinski definition) is 8. The first kappa shape index (κ1) is 52.4. The van der Waals surface area contributed by atoms with Gasteiger partial charge in [-0.15, -0.1) is 9.45 Å². The Morgan fingerprint density at radius 2 is 1.30 bits per heavy atom. The lowest BCUT2D eigenvalue weighted by Crippen LogP contribution is -2.15. The van der Waals surface area contributed by atoms with E-state index >= 15 is 0 Å². The van der Waals surface area contributed by atoms with Crippen molar-refractivity contribution in [2.45, 2.75) is 31.4 Å². The molecule has 1 saturated heterocycles. The van der Waals surface area contributed by atoms with Gasteiger partial charge in [0, 0.05) is 22.0 Å². The standard InChI is InChI=1S/C36H32N10O19S6/c47-64-65-66-25-9-11-31(69(54,55)56)29(17-25)45-44-24-8-10-28(30(16-24)63-12-1-13-67(48,49)50)38-35-39-34(40-36(41-35)46-19-33(46)71(60,61)62)37-21-4-6-22(7-5-21)42-43-23-3-2-20-14-26(68(51,52)53)18-32(27(20)15-23)70(57,58)59/h2-11,14-18,33,47H,1,12-13,19H2,(H,48,49,50)(H,51,52,53)(H,54,55,56)(H,57,58,59)(H,60,61,62)(H2,37,38,39,40,41). The van der Waals surface area contributed by atoms with Gasteiger partial charge in [0.25, 0.3) is 50.6 Å². The summed E-state index contributed by atoms with van der Waals surface area (Å²) in [4.78, 5) is 12.0. The van der Waals surface area contributed by atoms with Crippen molar-refractivity contribution in [3.8, 4) is 5.75 Å². The van der Waals surface area contributed by atoms with Crippen molar-refractivity contribution >= 4 is 125 Å². The number of anilines is 5. The van der Waals surface area contributed by atoms with E-state index in [0.29, 0.717) is 23.8 Å². The van der Waals surface area contributed by atoms with Crippen LogP contribution >= 0.6 is 12.0 Å². The highest BCUT2D eigenvalue weighted by atomic mass is 32.2. The zero-order chi connectivity index (χ0) is 51.5. The fraction of sp³-hybridized carbons (Fsp3) is 0.139. The summed E-state index contributed by atoms with van der Waals surface area (Å²) >= 11 is 0.458. The summed E-state index contributed by atoms with van der Waals surface area (Å²) in [5.74, 6) is -1.40. The molecule has 6 aromatic rings. The van der Waals surface area contributed by atoms with Gasteiger partial charge in [0.05, 0.1) is 58.6 Å². The second kappa shape index (κ2) is 20.7. The van der Waals surface area contributed by atoms with Gasteiger partial charge in [-0.25, -0.2) is 5.26 Å². The largest absolute Gasteiger partial charge is 0.491 e. The van der Waals surface area contributed by atoms with Crippen molar-refractivity contribution < 1.29 is 84.2 Å². The Balaban J connectivity index is 1.16. The molecule has 1 aliphatic rings. The van der Waals surface area contributed by atoms with Gasteiger partial charge in [0.15, 0.2) is 5.37 Å². The van der Waals surface area contributed by atoms with Gasteiger partial charge in [-0.1, -0.05) is 11.1 Å². The number of hydrogen-bond acceptors (Lipinski definition) is 25. The first-order valence-corrected chi connectivity index (χ1v) is 27.4. The Labute approximate surface area is 405 Å². The third-order valence-electron chi connectivity index (χ3n) is 9.30. The maximum atomic E-state index is 12.1. The maximum absolute atomic E-state index is 12.1. The van der Waals surface area contributed by atoms with Crippen molar-refractivity contribution in [2.24, 2.45) is 20.5 Å². The zero-order valence-electron chi connectivity index (χ0n) is 35.1. The molecule has 1 fully saturated rings. The summed E-state index contributed by atoms with van der Waals surface area (Å²) in [6.45, 7) is -0.507. The average molecular weight is 1100 g/mol. The summed E-state index contributed by atoms with van der Waals surface area (Å²) < 4.78 is 177. The smallest absolute Gasteiger partial charge is 0.296 e. The van der Waals surface area contributed by atoms with Gasteiger partial charge in [-0.3, -0.25) is 22.8 Å². The molecule has 376 valence electrons. The van der Waals surface area contributed by atoms with E-state index in [1.165, 1.54) is 66.7 Å². The van der Waals surface area contributed by atoms with Crippen molar-refractivity contribution in [1.29, 1.82) is 0 Å². The number of azo groups is 2. The van der Waals surface area contributed by atoms with E-state index in [4.69, 9.17) is 9.99 Å². The zero-order valence-corrected chi connectivity index (χ0v) is 40.0. The van der Waals surface area contributed by atoms with Gasteiger partial charge in [-0.2, -0.15) is 72.4 Å². The minimum absolute atomic E-state index is 0.00297. The third-order valence-corrected chi connectivity index (χ3v) is 14.4. The highest BCUT2D eigenvalue weighted by Gasteiger charge is 2.46. The second-order valence-electron chi connectivity index (χ2n) is 14.4. The molecule has 1 unspecified atom stereocenters. The number of nitrogens with zero attached hydrogens (tertiary/aromatic N) is 8. The fourth-order valence-electron chi connectivity index (χ4n) is 6.11. The minimum Gasteiger partial charge on any atom is -0.491 e. The quantitative estimate of drug-likeness (QED) is 0.00756. The number of ether oxygens (including phenoxy) is 1. The van der Waals surface area contributed by atoms with Crippen LogP contribution in [-0.2, 0) is 60.0 Å². The predicted octanol–water partition coefficient (Wildman–Crippen LogP) is 6.20. The first-order chi connectivity index (χ1) is 33.2. The molecule has 0 saturated carbocycles. The highest BCUT2D eigenvalue weighted by Crippen LogP contribution is 2.37. The number of benzene rings is 5. The van der Waals surface area contributed by atoms with E-state index in [1.807, 2.05) is 0 Å². The van der Waals surface area contributed by atoms with Crippen LogP contribution in [0.4, 0.5) is 52.0 Å². The van der Waals surface area contributed by atoms with Gasteiger partial charge in [0.1, 0.15) is 21.2 Å². The van der Waals surface area contributed by atoms with Gasteiger partial charge in [0.2, 0.25) is 17.8 Å². The van der Waals surface area contributed by atoms with Crippen LogP contribution in [0, 0.1) is 0 Å². The Kier molecular flexibility index (Phi) is 15.3.